The van der Waals surface area contributed by atoms with Crippen molar-refractivity contribution in [1.82, 2.24) is 15.3 Å². The fourth-order valence-corrected chi connectivity index (χ4v) is 4.20. The third kappa shape index (κ3) is 6.26. The van der Waals surface area contributed by atoms with Crippen LogP contribution in [0.5, 0.6) is 0 Å². The van der Waals surface area contributed by atoms with Gasteiger partial charge in [0.25, 0.3) is 0 Å². The summed E-state index contributed by atoms with van der Waals surface area (Å²) in [4.78, 5) is 21.4. The second kappa shape index (κ2) is 10.4. The molecular formula is C24H30ClFN4O3. The van der Waals surface area contributed by atoms with Gasteiger partial charge in [0.1, 0.15) is 5.78 Å². The maximum absolute atomic E-state index is 14.4. The maximum Gasteiger partial charge on any atom is 0.165 e. The van der Waals surface area contributed by atoms with Gasteiger partial charge in [-0.05, 0) is 51.4 Å². The molecule has 2 atom stereocenters. The van der Waals surface area contributed by atoms with E-state index < -0.39 is 5.82 Å². The summed E-state index contributed by atoms with van der Waals surface area (Å²) in [6, 6.07) is 4.68. The number of aromatic nitrogens is 2. The Morgan fingerprint density at radius 1 is 1.39 bits per heavy atom. The second-order valence-corrected chi connectivity index (χ2v) is 9.66. The van der Waals surface area contributed by atoms with Crippen molar-refractivity contribution >= 4 is 23.2 Å². The average molecular weight is 477 g/mol. The number of piperidine rings is 1. The van der Waals surface area contributed by atoms with Crippen molar-refractivity contribution in [3.63, 3.8) is 0 Å². The van der Waals surface area contributed by atoms with Gasteiger partial charge in [-0.3, -0.25) is 9.78 Å². The van der Waals surface area contributed by atoms with Crippen LogP contribution in [0.3, 0.4) is 0 Å². The van der Waals surface area contributed by atoms with Crippen LogP contribution in [0.1, 0.15) is 32.4 Å². The number of hydrogen-bond acceptors (Lipinski definition) is 7. The zero-order chi connectivity index (χ0) is 23.4. The molecule has 0 radical (unpaired) electrons. The summed E-state index contributed by atoms with van der Waals surface area (Å²) < 4.78 is 26.0. The number of pyridine rings is 2. The van der Waals surface area contributed by atoms with E-state index in [-0.39, 0.29) is 35.6 Å². The zero-order valence-corrected chi connectivity index (χ0v) is 19.8. The lowest BCUT2D eigenvalue weighted by atomic mass is 9.92. The van der Waals surface area contributed by atoms with E-state index in [1.165, 1.54) is 12.3 Å². The first kappa shape index (κ1) is 24.0. The minimum absolute atomic E-state index is 0.0102. The molecule has 0 aromatic carbocycles. The highest BCUT2D eigenvalue weighted by atomic mass is 35.5. The molecule has 4 rings (SSSR count). The van der Waals surface area contributed by atoms with Crippen LogP contribution in [0.2, 0.25) is 5.02 Å². The Bertz CT molecular complexity index is 988. The van der Waals surface area contributed by atoms with E-state index in [9.17, 15) is 9.18 Å². The number of halogens is 2. The van der Waals surface area contributed by atoms with Gasteiger partial charge in [-0.1, -0.05) is 11.6 Å². The van der Waals surface area contributed by atoms with E-state index in [1.807, 2.05) is 13.8 Å². The first-order valence-corrected chi connectivity index (χ1v) is 11.7. The summed E-state index contributed by atoms with van der Waals surface area (Å²) in [6.07, 6.45) is 3.46. The van der Waals surface area contributed by atoms with Crippen molar-refractivity contribution in [3.8, 4) is 11.3 Å². The maximum atomic E-state index is 14.4. The molecule has 2 N–H and O–H groups in total. The van der Waals surface area contributed by atoms with Crippen LogP contribution in [0.4, 0.5) is 10.2 Å². The molecule has 2 saturated heterocycles. The van der Waals surface area contributed by atoms with Gasteiger partial charge in [-0.2, -0.15) is 0 Å². The molecule has 2 aliphatic rings. The van der Waals surface area contributed by atoms with Crippen LogP contribution in [0.15, 0.2) is 24.4 Å². The zero-order valence-electron chi connectivity index (χ0n) is 19.0. The number of nitrogens with one attached hydrogen (secondary N) is 2. The monoisotopic (exact) mass is 476 g/mol. The molecule has 0 amide bonds. The fraction of sp³-hybridized carbons (Fsp3) is 0.542. The quantitative estimate of drug-likeness (QED) is 0.630. The van der Waals surface area contributed by atoms with E-state index in [1.54, 1.807) is 12.1 Å². The lowest BCUT2D eigenvalue weighted by Gasteiger charge is -2.35. The summed E-state index contributed by atoms with van der Waals surface area (Å²) in [5, 5.41) is 6.68. The lowest BCUT2D eigenvalue weighted by molar-refractivity contribution is -0.170. The molecule has 2 aliphatic heterocycles. The number of hydrogen-bond donors (Lipinski definition) is 2. The highest BCUT2D eigenvalue weighted by Crippen LogP contribution is 2.29. The third-order valence-electron chi connectivity index (χ3n) is 5.97. The molecule has 0 aliphatic carbocycles. The van der Waals surface area contributed by atoms with Gasteiger partial charge in [0.2, 0.25) is 0 Å². The number of carbonyl (C=O) groups is 1. The molecule has 0 saturated carbocycles. The Morgan fingerprint density at radius 3 is 2.97 bits per heavy atom. The number of rotatable bonds is 7. The topological polar surface area (TPSA) is 85.4 Å². The first-order chi connectivity index (χ1) is 15.8. The number of carbonyl (C=O) groups excluding carboxylic acids is 1. The molecule has 7 nitrogen and oxygen atoms in total. The van der Waals surface area contributed by atoms with Crippen LogP contribution in [0.25, 0.3) is 11.3 Å². The van der Waals surface area contributed by atoms with E-state index in [0.717, 1.165) is 19.4 Å². The van der Waals surface area contributed by atoms with E-state index >= 15 is 0 Å². The predicted molar refractivity (Wildman–Crippen MR) is 125 cm³/mol. The van der Waals surface area contributed by atoms with Crippen molar-refractivity contribution in [3.05, 3.63) is 40.9 Å². The summed E-state index contributed by atoms with van der Waals surface area (Å²) in [5.74, 6) is -0.188. The van der Waals surface area contributed by atoms with Gasteiger partial charge in [-0.25, -0.2) is 9.37 Å². The molecule has 2 aromatic rings. The Morgan fingerprint density at radius 2 is 2.24 bits per heavy atom. The van der Waals surface area contributed by atoms with Crippen LogP contribution >= 0.6 is 11.6 Å². The molecule has 2 aromatic heterocycles. The van der Waals surface area contributed by atoms with Crippen molar-refractivity contribution in [2.45, 2.75) is 44.8 Å². The molecule has 33 heavy (non-hydrogen) atoms. The summed E-state index contributed by atoms with van der Waals surface area (Å²) in [5.41, 5.74) is 1.42. The van der Waals surface area contributed by atoms with E-state index in [2.05, 4.69) is 20.6 Å². The van der Waals surface area contributed by atoms with Crippen LogP contribution < -0.4 is 10.6 Å². The number of anilines is 1. The average Bonchev–Trinajstić information content (AvgIpc) is 2.81. The highest BCUT2D eigenvalue weighted by Gasteiger charge is 2.28. The minimum atomic E-state index is -0.471. The highest BCUT2D eigenvalue weighted by molar-refractivity contribution is 6.33. The standard InChI is InChI=1S/C24H30ClFN4O3/c1-24(2)14-32-17(13-33-24)11-29-23-20(26)5-6-21(30-23)18-8-16(28-12-19(18)25)9-22(31)15-4-3-7-27-10-15/h5-6,8,12,15,17,27H,3-4,7,9-11,13-14H2,1-2H3,(H,29,30)/t15-,17?/m1/s1. The second-order valence-electron chi connectivity index (χ2n) is 9.25. The van der Waals surface area contributed by atoms with Gasteiger partial charge < -0.3 is 20.1 Å². The molecule has 2 fully saturated rings. The van der Waals surface area contributed by atoms with Crippen molar-refractivity contribution in [1.29, 1.82) is 0 Å². The van der Waals surface area contributed by atoms with Crippen LogP contribution in [-0.4, -0.2) is 60.3 Å². The Hall–Kier alpha value is -2.13. The van der Waals surface area contributed by atoms with E-state index in [0.29, 0.717) is 48.3 Å². The summed E-state index contributed by atoms with van der Waals surface area (Å²) in [6.45, 7) is 6.86. The molecular weight excluding hydrogens is 447 g/mol. The molecule has 9 heteroatoms. The summed E-state index contributed by atoms with van der Waals surface area (Å²) in [7, 11) is 0. The predicted octanol–water partition coefficient (Wildman–Crippen LogP) is 3.65. The van der Waals surface area contributed by atoms with Gasteiger partial charge >= 0.3 is 0 Å². The minimum Gasteiger partial charge on any atom is -0.371 e. The Kier molecular flexibility index (Phi) is 7.58. The molecule has 178 valence electrons. The number of ketones is 1. The normalized spacial score (nSPS) is 22.7. The van der Waals surface area contributed by atoms with Crippen LogP contribution in [0, 0.1) is 11.7 Å². The first-order valence-electron chi connectivity index (χ1n) is 11.3. The largest absolute Gasteiger partial charge is 0.371 e. The third-order valence-corrected chi connectivity index (χ3v) is 6.27. The van der Waals surface area contributed by atoms with Gasteiger partial charge in [0, 0.05) is 42.9 Å². The van der Waals surface area contributed by atoms with Crippen molar-refractivity contribution in [2.24, 2.45) is 5.92 Å². The van der Waals surface area contributed by atoms with Crippen LogP contribution in [-0.2, 0) is 20.7 Å². The SMILES string of the molecule is CC1(C)COC(CNc2nc(-c3cc(CC(=O)[C@@H]4CCCNC4)ncc3Cl)ccc2F)CO1. The fourth-order valence-electron chi connectivity index (χ4n) is 4.00. The molecule has 1 unspecified atom stereocenters. The van der Waals surface area contributed by atoms with Crippen molar-refractivity contribution < 1.29 is 18.7 Å². The molecule has 4 heterocycles. The smallest absolute Gasteiger partial charge is 0.165 e. The van der Waals surface area contributed by atoms with Gasteiger partial charge in [0.15, 0.2) is 11.6 Å². The van der Waals surface area contributed by atoms with E-state index in [4.69, 9.17) is 21.1 Å². The number of Topliss-reactive ketones (excluding diaryl/α,β-unsaturated/α-hetero) is 1. The Balaban J connectivity index is 1.45. The van der Waals surface area contributed by atoms with Crippen molar-refractivity contribution in [2.75, 3.05) is 38.2 Å². The van der Waals surface area contributed by atoms with Gasteiger partial charge in [-0.15, -0.1) is 0 Å². The Labute approximate surface area is 198 Å². The lowest BCUT2D eigenvalue weighted by Crippen LogP contribution is -2.44. The van der Waals surface area contributed by atoms with Gasteiger partial charge in [0.05, 0.1) is 35.6 Å². The summed E-state index contributed by atoms with van der Waals surface area (Å²) >= 11 is 6.39. The number of ether oxygens (including phenoxy) is 2. The molecule has 0 spiro atoms. The number of nitrogens with zero attached hydrogens (tertiary/aromatic N) is 2. The molecule has 0 bridgehead atoms.